The molecule has 5 nitrogen and oxygen atoms in total. The van der Waals surface area contributed by atoms with Crippen molar-refractivity contribution in [3.05, 3.63) is 82.4 Å². The number of ether oxygens (including phenoxy) is 1. The maximum Gasteiger partial charge on any atom is 0.170 e. The number of thiocarbonyl (C=S) groups is 1. The van der Waals surface area contributed by atoms with E-state index in [1.165, 1.54) is 11.3 Å². The SMILES string of the molecule is Cc1cc([C@H]2[C@H](c3ccccn3)NC(=S)N2C[C@@H]2CCCO2)c(C)n1-c1cccc(Cl)c1. The van der Waals surface area contributed by atoms with Gasteiger partial charge in [-0.05, 0) is 80.9 Å². The van der Waals surface area contributed by atoms with E-state index in [1.54, 1.807) is 0 Å². The van der Waals surface area contributed by atoms with Crippen LogP contribution in [0.3, 0.4) is 0 Å². The number of aryl methyl sites for hydroxylation is 1. The number of hydrogen-bond acceptors (Lipinski definition) is 3. The van der Waals surface area contributed by atoms with Gasteiger partial charge in [0.25, 0.3) is 0 Å². The van der Waals surface area contributed by atoms with Crippen LogP contribution in [0.15, 0.2) is 54.7 Å². The third kappa shape index (κ3) is 3.91. The summed E-state index contributed by atoms with van der Waals surface area (Å²) >= 11 is 12.1. The summed E-state index contributed by atoms with van der Waals surface area (Å²) in [5.74, 6) is 0. The maximum absolute atomic E-state index is 6.30. The summed E-state index contributed by atoms with van der Waals surface area (Å²) in [7, 11) is 0. The Morgan fingerprint density at radius 1 is 1.19 bits per heavy atom. The number of hydrogen-bond donors (Lipinski definition) is 1. The number of nitrogens with one attached hydrogen (secondary N) is 1. The van der Waals surface area contributed by atoms with Crippen molar-refractivity contribution in [2.75, 3.05) is 13.2 Å². The van der Waals surface area contributed by atoms with E-state index in [0.717, 1.165) is 53.2 Å². The highest BCUT2D eigenvalue weighted by molar-refractivity contribution is 7.80. The Bertz CT molecular complexity index is 1130. The van der Waals surface area contributed by atoms with Crippen LogP contribution in [0.25, 0.3) is 5.69 Å². The van der Waals surface area contributed by atoms with Crippen molar-refractivity contribution in [3.8, 4) is 5.69 Å². The van der Waals surface area contributed by atoms with Crippen molar-refractivity contribution in [2.45, 2.75) is 44.9 Å². The first kappa shape index (κ1) is 21.4. The second-order valence-corrected chi connectivity index (χ2v) is 9.38. The van der Waals surface area contributed by atoms with E-state index in [4.69, 9.17) is 28.6 Å². The molecule has 2 aromatic heterocycles. The summed E-state index contributed by atoms with van der Waals surface area (Å²) in [6.07, 6.45) is 4.23. The third-order valence-corrected chi connectivity index (χ3v) is 7.06. The van der Waals surface area contributed by atoms with E-state index in [0.29, 0.717) is 0 Å². The monoisotopic (exact) mass is 466 g/mol. The molecule has 0 aliphatic carbocycles. The van der Waals surface area contributed by atoms with Gasteiger partial charge >= 0.3 is 0 Å². The first-order valence-electron chi connectivity index (χ1n) is 11.1. The molecule has 166 valence electrons. The minimum Gasteiger partial charge on any atom is -0.376 e. The highest BCUT2D eigenvalue weighted by atomic mass is 35.5. The fourth-order valence-electron chi connectivity index (χ4n) is 5.05. The molecule has 0 bridgehead atoms. The number of nitrogens with zero attached hydrogens (tertiary/aromatic N) is 3. The Labute approximate surface area is 199 Å². The van der Waals surface area contributed by atoms with Crippen LogP contribution in [0.2, 0.25) is 5.02 Å². The van der Waals surface area contributed by atoms with Crippen LogP contribution in [0.1, 0.15) is 47.6 Å². The molecule has 0 saturated carbocycles. The van der Waals surface area contributed by atoms with Crippen LogP contribution < -0.4 is 5.32 Å². The van der Waals surface area contributed by atoms with Gasteiger partial charge in [0, 0.05) is 41.4 Å². The molecule has 0 amide bonds. The van der Waals surface area contributed by atoms with Gasteiger partial charge in [0.05, 0.1) is 23.9 Å². The Kier molecular flexibility index (Phi) is 5.93. The predicted octanol–water partition coefficient (Wildman–Crippen LogP) is 5.29. The Hall–Kier alpha value is -2.41. The highest BCUT2D eigenvalue weighted by Gasteiger charge is 2.42. The molecule has 2 aliphatic heterocycles. The Balaban J connectivity index is 1.59. The lowest BCUT2D eigenvalue weighted by molar-refractivity contribution is 0.0842. The van der Waals surface area contributed by atoms with Gasteiger partial charge in [0.2, 0.25) is 0 Å². The van der Waals surface area contributed by atoms with Gasteiger partial charge in [0.1, 0.15) is 0 Å². The van der Waals surface area contributed by atoms with Crippen LogP contribution in [0, 0.1) is 13.8 Å². The van der Waals surface area contributed by atoms with Gasteiger partial charge in [-0.1, -0.05) is 23.7 Å². The fraction of sp³-hybridized carbons (Fsp3) is 0.360. The summed E-state index contributed by atoms with van der Waals surface area (Å²) in [6.45, 7) is 5.92. The van der Waals surface area contributed by atoms with E-state index in [9.17, 15) is 0 Å². The summed E-state index contributed by atoms with van der Waals surface area (Å²) in [6, 6.07) is 16.3. The second kappa shape index (κ2) is 8.85. The summed E-state index contributed by atoms with van der Waals surface area (Å²) < 4.78 is 8.23. The summed E-state index contributed by atoms with van der Waals surface area (Å²) in [4.78, 5) is 6.96. The minimum absolute atomic E-state index is 0.0285. The standard InChI is InChI=1S/C25H27ClN4OS/c1-16-13-21(17(2)30(16)19-8-5-7-18(26)14-19)24-23(22-10-3-4-11-27-22)28-25(32)29(24)15-20-9-6-12-31-20/h3-5,7-8,10-11,13-14,20,23-24H,6,9,12,15H2,1-2H3,(H,28,32)/t20-,23-,24-/m0/s1. The van der Waals surface area contributed by atoms with Crippen molar-refractivity contribution >= 4 is 28.9 Å². The fourth-order valence-corrected chi connectivity index (χ4v) is 5.55. The molecular weight excluding hydrogens is 440 g/mol. The van der Waals surface area contributed by atoms with Gasteiger partial charge < -0.3 is 19.5 Å². The molecule has 5 rings (SSSR count). The number of aromatic nitrogens is 2. The molecule has 32 heavy (non-hydrogen) atoms. The number of benzene rings is 1. The van der Waals surface area contributed by atoms with Crippen LogP contribution in [0.5, 0.6) is 0 Å². The molecule has 4 heterocycles. The molecule has 2 aliphatic rings. The second-order valence-electron chi connectivity index (χ2n) is 8.56. The van der Waals surface area contributed by atoms with Gasteiger partial charge in [-0.15, -0.1) is 0 Å². The van der Waals surface area contributed by atoms with Gasteiger partial charge in [-0.3, -0.25) is 4.98 Å². The third-order valence-electron chi connectivity index (χ3n) is 6.48. The lowest BCUT2D eigenvalue weighted by Crippen LogP contribution is -2.36. The summed E-state index contributed by atoms with van der Waals surface area (Å²) in [5.41, 5.74) is 5.63. The van der Waals surface area contributed by atoms with E-state index in [-0.39, 0.29) is 18.2 Å². The zero-order valence-electron chi connectivity index (χ0n) is 18.3. The largest absolute Gasteiger partial charge is 0.376 e. The molecule has 2 saturated heterocycles. The molecule has 0 unspecified atom stereocenters. The molecule has 2 fully saturated rings. The van der Waals surface area contributed by atoms with Crippen LogP contribution in [0.4, 0.5) is 0 Å². The van der Waals surface area contributed by atoms with Crippen LogP contribution in [-0.4, -0.2) is 38.8 Å². The van der Waals surface area contributed by atoms with Crippen LogP contribution in [-0.2, 0) is 4.74 Å². The molecule has 3 atom stereocenters. The van der Waals surface area contributed by atoms with Gasteiger partial charge in [-0.2, -0.15) is 0 Å². The van der Waals surface area contributed by atoms with Crippen molar-refractivity contribution in [1.82, 2.24) is 19.8 Å². The zero-order valence-corrected chi connectivity index (χ0v) is 19.9. The number of rotatable bonds is 5. The van der Waals surface area contributed by atoms with E-state index < -0.39 is 0 Å². The van der Waals surface area contributed by atoms with Crippen molar-refractivity contribution < 1.29 is 4.74 Å². The molecule has 0 radical (unpaired) electrons. The topological polar surface area (TPSA) is 42.3 Å². The first-order valence-corrected chi connectivity index (χ1v) is 11.9. The predicted molar refractivity (Wildman–Crippen MR) is 131 cm³/mol. The zero-order chi connectivity index (χ0) is 22.2. The smallest absolute Gasteiger partial charge is 0.170 e. The molecule has 1 aromatic carbocycles. The molecule has 7 heteroatoms. The van der Waals surface area contributed by atoms with E-state index in [1.807, 2.05) is 36.5 Å². The summed E-state index contributed by atoms with van der Waals surface area (Å²) in [5, 5.41) is 5.04. The van der Waals surface area contributed by atoms with Gasteiger partial charge in [0.15, 0.2) is 5.11 Å². The van der Waals surface area contributed by atoms with Gasteiger partial charge in [-0.25, -0.2) is 0 Å². The van der Waals surface area contributed by atoms with Crippen molar-refractivity contribution in [1.29, 1.82) is 0 Å². The number of halogens is 1. The molecule has 1 N–H and O–H groups in total. The van der Waals surface area contributed by atoms with E-state index >= 15 is 0 Å². The Morgan fingerprint density at radius 2 is 2.06 bits per heavy atom. The molecule has 0 spiro atoms. The lowest BCUT2D eigenvalue weighted by Gasteiger charge is -2.30. The van der Waals surface area contributed by atoms with Crippen molar-refractivity contribution in [3.63, 3.8) is 0 Å². The van der Waals surface area contributed by atoms with Crippen molar-refractivity contribution in [2.24, 2.45) is 0 Å². The average Bonchev–Trinajstić information content (AvgIpc) is 3.48. The average molecular weight is 467 g/mol. The Morgan fingerprint density at radius 3 is 2.78 bits per heavy atom. The maximum atomic E-state index is 6.30. The quantitative estimate of drug-likeness (QED) is 0.517. The minimum atomic E-state index is -0.0292. The van der Waals surface area contributed by atoms with Crippen LogP contribution >= 0.6 is 23.8 Å². The molecular formula is C25H27ClN4OS. The van der Waals surface area contributed by atoms with E-state index in [2.05, 4.69) is 51.8 Å². The lowest BCUT2D eigenvalue weighted by atomic mass is 9.96. The first-order chi connectivity index (χ1) is 15.5. The number of pyridine rings is 1. The molecule has 3 aromatic rings. The highest BCUT2D eigenvalue weighted by Crippen LogP contribution is 2.42. The normalized spacial score (nSPS) is 23.0.